The van der Waals surface area contributed by atoms with Crippen molar-refractivity contribution < 1.29 is 17.9 Å². The molecule has 1 heterocycles. The van der Waals surface area contributed by atoms with Gasteiger partial charge in [0.2, 0.25) is 0 Å². The molecule has 0 bridgehead atoms. The lowest BCUT2D eigenvalue weighted by molar-refractivity contribution is -0.274. The summed E-state index contributed by atoms with van der Waals surface area (Å²) >= 11 is 0. The highest BCUT2D eigenvalue weighted by Gasteiger charge is 2.31. The Balaban J connectivity index is 2.00. The van der Waals surface area contributed by atoms with Gasteiger partial charge in [0.1, 0.15) is 5.75 Å². The van der Waals surface area contributed by atoms with Crippen LogP contribution < -0.4 is 15.4 Å². The molecule has 1 atom stereocenters. The molecule has 0 aliphatic carbocycles. The van der Waals surface area contributed by atoms with E-state index in [1.807, 2.05) is 0 Å². The molecule has 1 unspecified atom stereocenters. The summed E-state index contributed by atoms with van der Waals surface area (Å²) in [5, 5.41) is 6.33. The molecule has 94 valence electrons. The molecule has 6 heteroatoms. The predicted octanol–water partition coefficient (Wildman–Crippen LogP) is 2.36. The van der Waals surface area contributed by atoms with E-state index in [2.05, 4.69) is 15.4 Å². The molecule has 2 rings (SSSR count). The zero-order valence-electron chi connectivity index (χ0n) is 9.05. The number of halogens is 3. The molecule has 1 aromatic carbocycles. The van der Waals surface area contributed by atoms with Gasteiger partial charge in [0.25, 0.3) is 0 Å². The first kappa shape index (κ1) is 12.0. The third kappa shape index (κ3) is 3.81. The first-order valence-electron chi connectivity index (χ1n) is 5.36. The lowest BCUT2D eigenvalue weighted by Gasteiger charge is -2.14. The van der Waals surface area contributed by atoms with Gasteiger partial charge in [0.15, 0.2) is 0 Å². The van der Waals surface area contributed by atoms with Gasteiger partial charge in [-0.05, 0) is 25.1 Å². The number of nitrogens with one attached hydrogen (secondary N) is 2. The summed E-state index contributed by atoms with van der Waals surface area (Å²) in [5.74, 6) is -0.201. The van der Waals surface area contributed by atoms with Crippen LogP contribution in [0.25, 0.3) is 0 Å². The Bertz CT molecular complexity index is 375. The Morgan fingerprint density at radius 1 is 1.35 bits per heavy atom. The van der Waals surface area contributed by atoms with Crippen LogP contribution in [0.2, 0.25) is 0 Å². The van der Waals surface area contributed by atoms with Gasteiger partial charge in [-0.25, -0.2) is 0 Å². The number of hydrogen-bond acceptors (Lipinski definition) is 3. The molecule has 1 aliphatic heterocycles. The first-order valence-corrected chi connectivity index (χ1v) is 5.36. The molecule has 0 amide bonds. The number of anilines is 1. The van der Waals surface area contributed by atoms with Crippen LogP contribution in [-0.4, -0.2) is 25.5 Å². The maximum atomic E-state index is 12.0. The summed E-state index contributed by atoms with van der Waals surface area (Å²) < 4.78 is 39.9. The lowest BCUT2D eigenvalue weighted by atomic mass is 10.2. The third-order valence-corrected chi connectivity index (χ3v) is 2.50. The van der Waals surface area contributed by atoms with Crippen LogP contribution in [0.4, 0.5) is 18.9 Å². The highest BCUT2D eigenvalue weighted by molar-refractivity contribution is 5.49. The molecule has 1 aliphatic rings. The average molecular weight is 246 g/mol. The minimum atomic E-state index is -4.65. The Kier molecular flexibility index (Phi) is 3.42. The number of alkyl halides is 3. The van der Waals surface area contributed by atoms with E-state index < -0.39 is 6.36 Å². The van der Waals surface area contributed by atoms with Crippen molar-refractivity contribution in [2.75, 3.05) is 18.4 Å². The molecular formula is C11H13F3N2O. The second-order valence-corrected chi connectivity index (χ2v) is 3.91. The van der Waals surface area contributed by atoms with E-state index in [1.54, 1.807) is 6.07 Å². The smallest absolute Gasteiger partial charge is 0.406 e. The second kappa shape index (κ2) is 4.83. The van der Waals surface area contributed by atoms with Crippen LogP contribution in [0.3, 0.4) is 0 Å². The van der Waals surface area contributed by atoms with Gasteiger partial charge in [0, 0.05) is 24.3 Å². The Hall–Kier alpha value is -1.43. The van der Waals surface area contributed by atoms with Crippen molar-refractivity contribution >= 4 is 5.69 Å². The van der Waals surface area contributed by atoms with Crippen molar-refractivity contribution in [2.24, 2.45) is 0 Å². The molecule has 1 aromatic rings. The fourth-order valence-electron chi connectivity index (χ4n) is 1.80. The fourth-order valence-corrected chi connectivity index (χ4v) is 1.80. The normalized spacial score (nSPS) is 20.3. The molecule has 17 heavy (non-hydrogen) atoms. The number of hydrogen-bond donors (Lipinski definition) is 2. The van der Waals surface area contributed by atoms with E-state index >= 15 is 0 Å². The monoisotopic (exact) mass is 246 g/mol. The minimum Gasteiger partial charge on any atom is -0.406 e. The summed E-state index contributed by atoms with van der Waals surface area (Å²) in [7, 11) is 0. The van der Waals surface area contributed by atoms with E-state index in [4.69, 9.17) is 0 Å². The fraction of sp³-hybridized carbons (Fsp3) is 0.455. The average Bonchev–Trinajstić information content (AvgIpc) is 2.68. The SMILES string of the molecule is FC(F)(F)Oc1cccc(NC2CCNC2)c1. The maximum Gasteiger partial charge on any atom is 0.573 e. The minimum absolute atomic E-state index is 0.201. The van der Waals surface area contributed by atoms with Gasteiger partial charge in [-0.2, -0.15) is 0 Å². The molecule has 3 nitrogen and oxygen atoms in total. The second-order valence-electron chi connectivity index (χ2n) is 3.91. The predicted molar refractivity (Wildman–Crippen MR) is 58.0 cm³/mol. The van der Waals surface area contributed by atoms with Crippen molar-refractivity contribution in [1.82, 2.24) is 5.32 Å². The van der Waals surface area contributed by atoms with Gasteiger partial charge >= 0.3 is 6.36 Å². The van der Waals surface area contributed by atoms with Crippen molar-refractivity contribution in [3.8, 4) is 5.75 Å². The third-order valence-electron chi connectivity index (χ3n) is 2.50. The first-order chi connectivity index (χ1) is 8.03. The van der Waals surface area contributed by atoms with Crippen molar-refractivity contribution in [3.63, 3.8) is 0 Å². The van der Waals surface area contributed by atoms with E-state index in [0.717, 1.165) is 19.5 Å². The van der Waals surface area contributed by atoms with Gasteiger partial charge in [0.05, 0.1) is 0 Å². The Morgan fingerprint density at radius 2 is 2.18 bits per heavy atom. The summed E-state index contributed by atoms with van der Waals surface area (Å²) in [6, 6.07) is 6.15. The molecule has 0 spiro atoms. The van der Waals surface area contributed by atoms with E-state index in [1.165, 1.54) is 18.2 Å². The number of benzene rings is 1. The van der Waals surface area contributed by atoms with Crippen LogP contribution in [-0.2, 0) is 0 Å². The highest BCUT2D eigenvalue weighted by Crippen LogP contribution is 2.25. The van der Waals surface area contributed by atoms with E-state index in [-0.39, 0.29) is 11.8 Å². The molecule has 1 saturated heterocycles. The Labute approximate surface area is 97.0 Å². The van der Waals surface area contributed by atoms with Crippen molar-refractivity contribution in [1.29, 1.82) is 0 Å². The molecule has 0 saturated carbocycles. The van der Waals surface area contributed by atoms with Crippen molar-refractivity contribution in [2.45, 2.75) is 18.8 Å². The molecule has 2 N–H and O–H groups in total. The standard InChI is InChI=1S/C11H13F3N2O/c12-11(13,14)17-10-3-1-2-8(6-10)16-9-4-5-15-7-9/h1-3,6,9,15-16H,4-5,7H2. The maximum absolute atomic E-state index is 12.0. The molecule has 1 fully saturated rings. The zero-order valence-corrected chi connectivity index (χ0v) is 9.05. The van der Waals surface area contributed by atoms with Gasteiger partial charge in [-0.1, -0.05) is 6.07 Å². The van der Waals surface area contributed by atoms with E-state index in [9.17, 15) is 13.2 Å². The van der Waals surface area contributed by atoms with Crippen LogP contribution >= 0.6 is 0 Å². The topological polar surface area (TPSA) is 33.3 Å². The van der Waals surface area contributed by atoms with Crippen LogP contribution in [0.1, 0.15) is 6.42 Å². The van der Waals surface area contributed by atoms with E-state index in [0.29, 0.717) is 5.69 Å². The lowest BCUT2D eigenvalue weighted by Crippen LogP contribution is -2.22. The summed E-state index contributed by atoms with van der Waals surface area (Å²) in [6.07, 6.45) is -3.68. The summed E-state index contributed by atoms with van der Waals surface area (Å²) in [5.41, 5.74) is 0.639. The van der Waals surface area contributed by atoms with Gasteiger partial charge in [-0.15, -0.1) is 13.2 Å². The molecular weight excluding hydrogens is 233 g/mol. The quantitative estimate of drug-likeness (QED) is 0.859. The van der Waals surface area contributed by atoms with Crippen LogP contribution in [0.15, 0.2) is 24.3 Å². The van der Waals surface area contributed by atoms with Crippen molar-refractivity contribution in [3.05, 3.63) is 24.3 Å². The molecule has 0 aromatic heterocycles. The largest absolute Gasteiger partial charge is 0.573 e. The van der Waals surface area contributed by atoms with Crippen LogP contribution in [0.5, 0.6) is 5.75 Å². The van der Waals surface area contributed by atoms with Crippen LogP contribution in [0, 0.1) is 0 Å². The Morgan fingerprint density at radius 3 is 2.82 bits per heavy atom. The van der Waals surface area contributed by atoms with Gasteiger partial charge in [-0.3, -0.25) is 0 Å². The number of rotatable bonds is 3. The zero-order chi connectivity index (χ0) is 12.3. The molecule has 0 radical (unpaired) electrons. The van der Waals surface area contributed by atoms with Gasteiger partial charge < -0.3 is 15.4 Å². The number of ether oxygens (including phenoxy) is 1. The summed E-state index contributed by atoms with van der Waals surface area (Å²) in [6.45, 7) is 1.75. The summed E-state index contributed by atoms with van der Waals surface area (Å²) in [4.78, 5) is 0. The highest BCUT2D eigenvalue weighted by atomic mass is 19.4.